The summed E-state index contributed by atoms with van der Waals surface area (Å²) in [6.07, 6.45) is 0.694. The Bertz CT molecular complexity index is 959. The van der Waals surface area contributed by atoms with E-state index in [4.69, 9.17) is 10.5 Å². The number of nitrogens with zero attached hydrogens (tertiary/aromatic N) is 7. The highest BCUT2D eigenvalue weighted by molar-refractivity contribution is 5.89. The number of H-pyrrole nitrogens is 1. The number of nitriles is 2. The van der Waals surface area contributed by atoms with Crippen LogP contribution in [0.25, 0.3) is 11.4 Å². The number of benzene rings is 1. The van der Waals surface area contributed by atoms with Crippen LogP contribution in [-0.4, -0.2) is 36.1 Å². The molecular weight excluding hydrogens is 334 g/mol. The highest BCUT2D eigenvalue weighted by atomic mass is 16.1. The first-order valence-corrected chi connectivity index (χ1v) is 7.73. The minimum absolute atomic E-state index is 0.0167. The molecule has 1 amide bonds. The van der Waals surface area contributed by atoms with Gasteiger partial charge < -0.3 is 4.98 Å². The Hall–Kier alpha value is -4.05. The van der Waals surface area contributed by atoms with E-state index < -0.39 is 0 Å². The summed E-state index contributed by atoms with van der Waals surface area (Å²) >= 11 is 0. The molecule has 0 fully saturated rings. The van der Waals surface area contributed by atoms with Crippen LogP contribution in [0.1, 0.15) is 24.2 Å². The molecule has 3 aromatic rings. The standard InChI is InChI=1S/C16H13N9O/c17-9-12-13(10-18)20-16(19-12)21-14(26)7-4-8-25-23-15(22-24-25)11-5-2-1-3-6-11/h1-3,5-6H,4,7-8H2,(H2,19,20,21,26). The van der Waals surface area contributed by atoms with Gasteiger partial charge in [0.25, 0.3) is 0 Å². The molecule has 0 saturated carbocycles. The molecule has 2 heterocycles. The average Bonchev–Trinajstić information content (AvgIpc) is 3.29. The fourth-order valence-electron chi connectivity index (χ4n) is 2.21. The number of imidazole rings is 1. The summed E-state index contributed by atoms with van der Waals surface area (Å²) in [7, 11) is 0. The third kappa shape index (κ3) is 3.88. The van der Waals surface area contributed by atoms with Crippen LogP contribution in [0.15, 0.2) is 30.3 Å². The molecule has 0 aliphatic carbocycles. The van der Waals surface area contributed by atoms with E-state index in [9.17, 15) is 4.79 Å². The van der Waals surface area contributed by atoms with Crippen LogP contribution in [0, 0.1) is 22.7 Å². The average molecular weight is 347 g/mol. The van der Waals surface area contributed by atoms with E-state index in [-0.39, 0.29) is 29.7 Å². The lowest BCUT2D eigenvalue weighted by molar-refractivity contribution is -0.116. The zero-order chi connectivity index (χ0) is 18.4. The first kappa shape index (κ1) is 16.8. The quantitative estimate of drug-likeness (QED) is 0.680. The first-order chi connectivity index (χ1) is 12.7. The number of rotatable bonds is 6. The molecule has 2 aromatic heterocycles. The van der Waals surface area contributed by atoms with E-state index in [0.717, 1.165) is 5.56 Å². The Morgan fingerprint density at radius 1 is 1.23 bits per heavy atom. The predicted octanol–water partition coefficient (Wildman–Crippen LogP) is 1.23. The van der Waals surface area contributed by atoms with Crippen molar-refractivity contribution in [3.8, 4) is 23.5 Å². The van der Waals surface area contributed by atoms with Crippen LogP contribution in [0.3, 0.4) is 0 Å². The second-order valence-corrected chi connectivity index (χ2v) is 5.26. The number of aromatic amines is 1. The van der Waals surface area contributed by atoms with Gasteiger partial charge in [-0.3, -0.25) is 10.1 Å². The van der Waals surface area contributed by atoms with E-state index in [1.807, 2.05) is 30.3 Å². The van der Waals surface area contributed by atoms with Gasteiger partial charge >= 0.3 is 0 Å². The summed E-state index contributed by atoms with van der Waals surface area (Å²) in [5.74, 6) is 0.308. The maximum absolute atomic E-state index is 11.9. The molecule has 0 unspecified atom stereocenters. The van der Waals surface area contributed by atoms with Gasteiger partial charge in [0, 0.05) is 12.0 Å². The molecule has 0 saturated heterocycles. The van der Waals surface area contributed by atoms with Gasteiger partial charge in [0.1, 0.15) is 12.1 Å². The number of nitrogens with one attached hydrogen (secondary N) is 2. The van der Waals surface area contributed by atoms with Gasteiger partial charge in [-0.05, 0) is 11.6 Å². The molecule has 0 bridgehead atoms. The number of aromatic nitrogens is 6. The Balaban J connectivity index is 1.50. The van der Waals surface area contributed by atoms with E-state index in [2.05, 4.69) is 30.7 Å². The van der Waals surface area contributed by atoms with Crippen molar-refractivity contribution in [3.63, 3.8) is 0 Å². The summed E-state index contributed by atoms with van der Waals surface area (Å²) in [5, 5.41) is 32.4. The van der Waals surface area contributed by atoms with Gasteiger partial charge in [0.15, 0.2) is 11.4 Å². The molecule has 0 radical (unpaired) electrons. The molecule has 128 valence electrons. The van der Waals surface area contributed by atoms with E-state index in [1.165, 1.54) is 4.80 Å². The van der Waals surface area contributed by atoms with Crippen LogP contribution < -0.4 is 5.32 Å². The number of anilines is 1. The summed E-state index contributed by atoms with van der Waals surface area (Å²) < 4.78 is 0. The Morgan fingerprint density at radius 2 is 2.04 bits per heavy atom. The second-order valence-electron chi connectivity index (χ2n) is 5.26. The molecule has 0 spiro atoms. The topological polar surface area (TPSA) is 149 Å². The molecular formula is C16H13N9O. The zero-order valence-electron chi connectivity index (χ0n) is 13.5. The third-order valence-corrected chi connectivity index (χ3v) is 3.43. The fraction of sp³-hybridized carbons (Fsp3) is 0.188. The van der Waals surface area contributed by atoms with Crippen molar-refractivity contribution in [1.29, 1.82) is 10.5 Å². The number of carbonyl (C=O) groups excluding carboxylic acids is 1. The van der Waals surface area contributed by atoms with Crippen molar-refractivity contribution < 1.29 is 4.79 Å². The monoisotopic (exact) mass is 347 g/mol. The first-order valence-electron chi connectivity index (χ1n) is 7.73. The SMILES string of the molecule is N#Cc1nc(NC(=O)CCCn2nnc(-c3ccccc3)n2)[nH]c1C#N. The number of tetrazole rings is 1. The molecule has 0 aliphatic rings. The van der Waals surface area contributed by atoms with E-state index in [0.29, 0.717) is 18.8 Å². The normalized spacial score (nSPS) is 10.1. The lowest BCUT2D eigenvalue weighted by Crippen LogP contribution is -2.14. The summed E-state index contributed by atoms with van der Waals surface area (Å²) in [6, 6.07) is 13.1. The van der Waals surface area contributed by atoms with Gasteiger partial charge in [-0.15, -0.1) is 10.2 Å². The molecule has 1 aromatic carbocycles. The van der Waals surface area contributed by atoms with Crippen LogP contribution in [-0.2, 0) is 11.3 Å². The maximum Gasteiger partial charge on any atom is 0.226 e. The number of aryl methyl sites for hydroxylation is 1. The van der Waals surface area contributed by atoms with Crippen molar-refractivity contribution in [2.75, 3.05) is 5.32 Å². The minimum Gasteiger partial charge on any atom is -0.314 e. The van der Waals surface area contributed by atoms with Crippen molar-refractivity contribution in [2.45, 2.75) is 19.4 Å². The largest absolute Gasteiger partial charge is 0.314 e. The lowest BCUT2D eigenvalue weighted by atomic mass is 10.2. The summed E-state index contributed by atoms with van der Waals surface area (Å²) in [6.45, 7) is 0.429. The molecule has 10 nitrogen and oxygen atoms in total. The molecule has 10 heteroatoms. The Morgan fingerprint density at radius 3 is 2.73 bits per heavy atom. The number of hydrogen-bond acceptors (Lipinski definition) is 7. The van der Waals surface area contributed by atoms with E-state index >= 15 is 0 Å². The fourth-order valence-corrected chi connectivity index (χ4v) is 2.21. The lowest BCUT2D eigenvalue weighted by Gasteiger charge is -2.01. The van der Waals surface area contributed by atoms with Crippen LogP contribution in [0.2, 0.25) is 0 Å². The minimum atomic E-state index is -0.295. The molecule has 26 heavy (non-hydrogen) atoms. The smallest absolute Gasteiger partial charge is 0.226 e. The number of carbonyl (C=O) groups is 1. The van der Waals surface area contributed by atoms with Crippen molar-refractivity contribution in [3.05, 3.63) is 41.7 Å². The van der Waals surface area contributed by atoms with Gasteiger partial charge in [-0.2, -0.15) is 15.3 Å². The van der Waals surface area contributed by atoms with Crippen LogP contribution in [0.4, 0.5) is 5.95 Å². The maximum atomic E-state index is 11.9. The number of amides is 1. The van der Waals surface area contributed by atoms with Gasteiger partial charge in [-0.1, -0.05) is 30.3 Å². The summed E-state index contributed by atoms with van der Waals surface area (Å²) in [4.78, 5) is 19.8. The Labute approximate surface area is 148 Å². The third-order valence-electron chi connectivity index (χ3n) is 3.43. The zero-order valence-corrected chi connectivity index (χ0v) is 13.5. The van der Waals surface area contributed by atoms with Crippen LogP contribution >= 0.6 is 0 Å². The predicted molar refractivity (Wildman–Crippen MR) is 89.1 cm³/mol. The number of hydrogen-bond donors (Lipinski definition) is 2. The van der Waals surface area contributed by atoms with Gasteiger partial charge in [0.05, 0.1) is 6.54 Å². The highest BCUT2D eigenvalue weighted by Gasteiger charge is 2.12. The molecule has 0 atom stereocenters. The Kier molecular flexibility index (Phi) is 4.96. The molecule has 2 N–H and O–H groups in total. The molecule has 0 aliphatic heterocycles. The molecule has 3 rings (SSSR count). The van der Waals surface area contributed by atoms with Gasteiger partial charge in [-0.25, -0.2) is 4.98 Å². The van der Waals surface area contributed by atoms with Gasteiger partial charge in [0.2, 0.25) is 17.7 Å². The van der Waals surface area contributed by atoms with Crippen molar-refractivity contribution >= 4 is 11.9 Å². The summed E-state index contributed by atoms with van der Waals surface area (Å²) in [5.41, 5.74) is 0.835. The van der Waals surface area contributed by atoms with Crippen molar-refractivity contribution in [2.24, 2.45) is 0 Å². The second kappa shape index (κ2) is 7.68. The van der Waals surface area contributed by atoms with Crippen molar-refractivity contribution in [1.82, 2.24) is 30.2 Å². The van der Waals surface area contributed by atoms with E-state index in [1.54, 1.807) is 12.1 Å². The highest BCUT2D eigenvalue weighted by Crippen LogP contribution is 2.12. The van der Waals surface area contributed by atoms with Crippen LogP contribution in [0.5, 0.6) is 0 Å².